The van der Waals surface area contributed by atoms with Gasteiger partial charge in [-0.2, -0.15) is 0 Å². The maximum absolute atomic E-state index is 11.3. The molecule has 0 amide bonds. The van der Waals surface area contributed by atoms with Gasteiger partial charge in [0.1, 0.15) is 33.5 Å². The first-order valence-corrected chi connectivity index (χ1v) is 14.3. The number of nitrogens with zero attached hydrogens (tertiary/aromatic N) is 2. The quantitative estimate of drug-likeness (QED) is 0.218. The Hall–Kier alpha value is -4.27. The van der Waals surface area contributed by atoms with E-state index in [0.29, 0.717) is 13.1 Å². The topological polar surface area (TPSA) is 93.2 Å². The average Bonchev–Trinajstić information content (AvgIpc) is 2.92. The number of benzene rings is 4. The minimum Gasteiger partial charge on any atom is -0.457 e. The standard InChI is InChI=1S/C30H28N4O3S/c1-38(35,36)17-16-31-20-22-6-5-7-23(18-22)24-10-15-28-29(19-24)32-21-33-30(28)34-25-11-13-27(14-12-25)37-26-8-3-2-4-9-26/h2-15,18-19,21,31H,16-17,20H2,1H3,(H,32,33,34). The SMILES string of the molecule is CS(=O)(=O)CCNCc1cccc(-c2ccc3c(Nc4ccc(Oc5ccccc5)cc4)ncnc3c2)c1. The summed E-state index contributed by atoms with van der Waals surface area (Å²) in [6.45, 7) is 1.02. The van der Waals surface area contributed by atoms with Crippen molar-refractivity contribution in [3.05, 3.63) is 109 Å². The zero-order valence-electron chi connectivity index (χ0n) is 21.0. The zero-order valence-corrected chi connectivity index (χ0v) is 21.8. The summed E-state index contributed by atoms with van der Waals surface area (Å²) in [5.41, 5.74) is 4.92. The predicted octanol–water partition coefficient (Wildman–Crippen LogP) is 5.97. The molecule has 1 aromatic heterocycles. The number of hydrogen-bond donors (Lipinski definition) is 2. The number of anilines is 2. The lowest BCUT2D eigenvalue weighted by atomic mass is 10.0. The second-order valence-electron chi connectivity index (χ2n) is 9.03. The monoisotopic (exact) mass is 524 g/mol. The molecule has 5 aromatic rings. The number of aromatic nitrogens is 2. The highest BCUT2D eigenvalue weighted by Crippen LogP contribution is 2.29. The number of para-hydroxylation sites is 1. The van der Waals surface area contributed by atoms with Crippen LogP contribution in [0.1, 0.15) is 5.56 Å². The van der Waals surface area contributed by atoms with E-state index in [9.17, 15) is 8.42 Å². The molecule has 192 valence electrons. The van der Waals surface area contributed by atoms with Gasteiger partial charge in [-0.25, -0.2) is 18.4 Å². The molecule has 0 spiro atoms. The maximum atomic E-state index is 11.3. The predicted molar refractivity (Wildman–Crippen MR) is 153 cm³/mol. The fraction of sp³-hybridized carbons (Fsp3) is 0.133. The van der Waals surface area contributed by atoms with Gasteiger partial charge in [-0.05, 0) is 71.3 Å². The van der Waals surface area contributed by atoms with Gasteiger partial charge in [0.05, 0.1) is 11.3 Å². The van der Waals surface area contributed by atoms with E-state index < -0.39 is 9.84 Å². The number of ether oxygens (including phenoxy) is 1. The van der Waals surface area contributed by atoms with Gasteiger partial charge in [-0.15, -0.1) is 0 Å². The zero-order chi connectivity index (χ0) is 26.4. The van der Waals surface area contributed by atoms with Crippen molar-refractivity contribution < 1.29 is 13.2 Å². The van der Waals surface area contributed by atoms with Crippen LogP contribution >= 0.6 is 0 Å². The molecule has 2 N–H and O–H groups in total. The van der Waals surface area contributed by atoms with Crippen molar-refractivity contribution >= 4 is 32.2 Å². The first-order valence-electron chi connectivity index (χ1n) is 12.3. The molecule has 0 radical (unpaired) electrons. The van der Waals surface area contributed by atoms with Gasteiger partial charge < -0.3 is 15.4 Å². The van der Waals surface area contributed by atoms with E-state index in [1.807, 2.05) is 72.8 Å². The molecule has 0 fully saturated rings. The summed E-state index contributed by atoms with van der Waals surface area (Å²) >= 11 is 0. The Kier molecular flexibility index (Phi) is 7.62. The largest absolute Gasteiger partial charge is 0.457 e. The molecule has 38 heavy (non-hydrogen) atoms. The summed E-state index contributed by atoms with van der Waals surface area (Å²) in [5, 5.41) is 7.50. The number of rotatable bonds is 10. The van der Waals surface area contributed by atoms with Crippen molar-refractivity contribution in [2.24, 2.45) is 0 Å². The summed E-state index contributed by atoms with van der Waals surface area (Å²) < 4.78 is 28.5. The summed E-state index contributed by atoms with van der Waals surface area (Å²) in [5.74, 6) is 2.40. The molecule has 5 rings (SSSR count). The fourth-order valence-electron chi connectivity index (χ4n) is 4.06. The lowest BCUT2D eigenvalue weighted by molar-refractivity contribution is 0.483. The number of fused-ring (bicyclic) bond motifs is 1. The molecule has 1 heterocycles. The van der Waals surface area contributed by atoms with Crippen molar-refractivity contribution in [3.63, 3.8) is 0 Å². The third-order valence-corrected chi connectivity index (χ3v) is 6.92. The van der Waals surface area contributed by atoms with Gasteiger partial charge in [0, 0.05) is 30.4 Å². The van der Waals surface area contributed by atoms with Crippen molar-refractivity contribution in [2.45, 2.75) is 6.54 Å². The van der Waals surface area contributed by atoms with Crippen LogP contribution in [0.2, 0.25) is 0 Å². The number of nitrogens with one attached hydrogen (secondary N) is 2. The highest BCUT2D eigenvalue weighted by molar-refractivity contribution is 7.90. The van der Waals surface area contributed by atoms with Crippen LogP contribution in [0.4, 0.5) is 11.5 Å². The van der Waals surface area contributed by atoms with Crippen LogP contribution in [0.15, 0.2) is 103 Å². The average molecular weight is 525 g/mol. The third-order valence-electron chi connectivity index (χ3n) is 5.97. The Morgan fingerprint density at radius 2 is 1.55 bits per heavy atom. The molecular formula is C30H28N4O3S. The Balaban J connectivity index is 1.29. The van der Waals surface area contributed by atoms with Crippen LogP contribution in [-0.2, 0) is 16.4 Å². The molecular weight excluding hydrogens is 496 g/mol. The van der Waals surface area contributed by atoms with E-state index in [1.165, 1.54) is 6.26 Å². The molecule has 0 atom stereocenters. The molecule has 0 aliphatic rings. The minimum absolute atomic E-state index is 0.124. The van der Waals surface area contributed by atoms with Gasteiger partial charge in [-0.1, -0.05) is 42.5 Å². The second kappa shape index (κ2) is 11.4. The Bertz CT molecular complexity index is 1640. The van der Waals surface area contributed by atoms with E-state index in [4.69, 9.17) is 4.74 Å². The molecule has 4 aromatic carbocycles. The summed E-state index contributed by atoms with van der Waals surface area (Å²) in [4.78, 5) is 8.96. The van der Waals surface area contributed by atoms with E-state index in [2.05, 4.69) is 44.9 Å². The van der Waals surface area contributed by atoms with Crippen molar-refractivity contribution in [3.8, 4) is 22.6 Å². The molecule has 0 saturated carbocycles. The molecule has 0 aliphatic heterocycles. The summed E-state index contributed by atoms with van der Waals surface area (Å²) in [7, 11) is -2.97. The molecule has 0 aliphatic carbocycles. The second-order valence-corrected chi connectivity index (χ2v) is 11.3. The van der Waals surface area contributed by atoms with Gasteiger partial charge in [0.15, 0.2) is 0 Å². The smallest absolute Gasteiger partial charge is 0.148 e. The maximum Gasteiger partial charge on any atom is 0.148 e. The van der Waals surface area contributed by atoms with Crippen LogP contribution in [0.25, 0.3) is 22.0 Å². The Labute approximate surface area is 222 Å². The van der Waals surface area contributed by atoms with E-state index in [-0.39, 0.29) is 5.75 Å². The van der Waals surface area contributed by atoms with Crippen LogP contribution in [0.3, 0.4) is 0 Å². The number of hydrogen-bond acceptors (Lipinski definition) is 7. The van der Waals surface area contributed by atoms with Crippen LogP contribution in [-0.4, -0.2) is 36.9 Å². The van der Waals surface area contributed by atoms with Crippen LogP contribution in [0, 0.1) is 0 Å². The third kappa shape index (κ3) is 6.73. The van der Waals surface area contributed by atoms with Crippen molar-refractivity contribution in [1.82, 2.24) is 15.3 Å². The highest BCUT2D eigenvalue weighted by Gasteiger charge is 2.08. The van der Waals surface area contributed by atoms with Crippen LogP contribution < -0.4 is 15.4 Å². The van der Waals surface area contributed by atoms with Crippen LogP contribution in [0.5, 0.6) is 11.5 Å². The molecule has 0 saturated heterocycles. The summed E-state index contributed by atoms with van der Waals surface area (Å²) in [6.07, 6.45) is 2.81. The normalized spacial score (nSPS) is 11.4. The Morgan fingerprint density at radius 3 is 2.34 bits per heavy atom. The van der Waals surface area contributed by atoms with Gasteiger partial charge in [-0.3, -0.25) is 0 Å². The lowest BCUT2D eigenvalue weighted by Gasteiger charge is -2.11. The van der Waals surface area contributed by atoms with Gasteiger partial charge in [0.2, 0.25) is 0 Å². The first-order chi connectivity index (χ1) is 18.4. The molecule has 0 unspecified atom stereocenters. The minimum atomic E-state index is -2.97. The highest BCUT2D eigenvalue weighted by atomic mass is 32.2. The van der Waals surface area contributed by atoms with E-state index >= 15 is 0 Å². The summed E-state index contributed by atoms with van der Waals surface area (Å²) in [6, 6.07) is 31.7. The van der Waals surface area contributed by atoms with Crippen molar-refractivity contribution in [2.75, 3.05) is 23.9 Å². The lowest BCUT2D eigenvalue weighted by Crippen LogP contribution is -2.21. The molecule has 8 heteroatoms. The molecule has 7 nitrogen and oxygen atoms in total. The van der Waals surface area contributed by atoms with Gasteiger partial charge in [0.25, 0.3) is 0 Å². The fourth-order valence-corrected chi connectivity index (χ4v) is 4.57. The van der Waals surface area contributed by atoms with Gasteiger partial charge >= 0.3 is 0 Å². The van der Waals surface area contributed by atoms with E-state index in [0.717, 1.165) is 50.6 Å². The van der Waals surface area contributed by atoms with E-state index in [1.54, 1.807) is 6.33 Å². The van der Waals surface area contributed by atoms with Crippen molar-refractivity contribution in [1.29, 1.82) is 0 Å². The molecule has 0 bridgehead atoms. The Morgan fingerprint density at radius 1 is 0.789 bits per heavy atom. The number of sulfone groups is 1. The first kappa shape index (κ1) is 25.4.